The van der Waals surface area contributed by atoms with Gasteiger partial charge in [-0.25, -0.2) is 0 Å². The molecule has 9 rings (SSSR count). The fourth-order valence-electron chi connectivity index (χ4n) is 9.55. The second-order valence-corrected chi connectivity index (χ2v) is 13.7. The molecule has 3 aromatic rings. The number of para-hydroxylation sites is 1. The van der Waals surface area contributed by atoms with Crippen molar-refractivity contribution in [3.8, 4) is 0 Å². The van der Waals surface area contributed by atoms with E-state index in [1.54, 1.807) is 5.57 Å². The van der Waals surface area contributed by atoms with Gasteiger partial charge in [-0.2, -0.15) is 0 Å². The van der Waals surface area contributed by atoms with Gasteiger partial charge in [0, 0.05) is 53.3 Å². The monoisotopic (exact) mass is 574 g/mol. The van der Waals surface area contributed by atoms with E-state index in [1.807, 2.05) is 0 Å². The van der Waals surface area contributed by atoms with Crippen LogP contribution in [0.25, 0.3) is 11.1 Å². The van der Waals surface area contributed by atoms with E-state index in [2.05, 4.69) is 137 Å². The second-order valence-electron chi connectivity index (χ2n) is 13.7. The zero-order valence-corrected chi connectivity index (χ0v) is 25.5. The van der Waals surface area contributed by atoms with Crippen LogP contribution in [0.1, 0.15) is 67.6 Å². The molecule has 44 heavy (non-hydrogen) atoms. The Morgan fingerprint density at radius 1 is 0.659 bits per heavy atom. The summed E-state index contributed by atoms with van der Waals surface area (Å²) in [6.07, 6.45) is 28.9. The third-order valence-corrected chi connectivity index (χ3v) is 11.4. The molecule has 2 nitrogen and oxygen atoms in total. The highest BCUT2D eigenvalue weighted by Gasteiger charge is 2.49. The normalized spacial score (nSPS) is 32.0. The van der Waals surface area contributed by atoms with Gasteiger partial charge in [-0.15, -0.1) is 0 Å². The lowest BCUT2D eigenvalue weighted by Crippen LogP contribution is -2.45. The summed E-state index contributed by atoms with van der Waals surface area (Å²) in [5.41, 5.74) is 9.94. The molecule has 2 aliphatic heterocycles. The summed E-state index contributed by atoms with van der Waals surface area (Å²) in [5.74, 6) is 1.59. The van der Waals surface area contributed by atoms with Gasteiger partial charge in [0.25, 0.3) is 0 Å². The summed E-state index contributed by atoms with van der Waals surface area (Å²) in [6, 6.07) is 31.6. The fraction of sp³-hybridized carbons (Fsp3) is 0.333. The summed E-state index contributed by atoms with van der Waals surface area (Å²) in [5, 5.41) is 0. The lowest BCUT2D eigenvalue weighted by atomic mass is 9.78. The molecule has 6 aliphatic rings. The molecule has 2 heterocycles. The van der Waals surface area contributed by atoms with Crippen LogP contribution in [0.4, 0.5) is 11.4 Å². The summed E-state index contributed by atoms with van der Waals surface area (Å²) in [4.78, 5) is 5.55. The van der Waals surface area contributed by atoms with Crippen molar-refractivity contribution >= 4 is 22.5 Å². The number of benzene rings is 3. The molecule has 2 heteroatoms. The van der Waals surface area contributed by atoms with E-state index in [0.29, 0.717) is 41.9 Å². The largest absolute Gasteiger partial charge is 0.337 e. The molecular weight excluding hydrogens is 532 g/mol. The number of allylic oxidation sites excluding steroid dienone is 5. The van der Waals surface area contributed by atoms with Crippen molar-refractivity contribution in [2.24, 2.45) is 11.8 Å². The molecule has 1 fully saturated rings. The fourth-order valence-corrected chi connectivity index (χ4v) is 9.55. The highest BCUT2D eigenvalue weighted by Crippen LogP contribution is 2.51. The Kier molecular flexibility index (Phi) is 6.59. The maximum Gasteiger partial charge on any atom is 0.0453 e. The van der Waals surface area contributed by atoms with Crippen molar-refractivity contribution in [3.05, 3.63) is 144 Å². The van der Waals surface area contributed by atoms with E-state index in [4.69, 9.17) is 0 Å². The average molecular weight is 575 g/mol. The summed E-state index contributed by atoms with van der Waals surface area (Å²) in [7, 11) is 0. The third kappa shape index (κ3) is 4.33. The van der Waals surface area contributed by atoms with Gasteiger partial charge in [-0.05, 0) is 97.0 Å². The Morgan fingerprint density at radius 2 is 1.45 bits per heavy atom. The smallest absolute Gasteiger partial charge is 0.0453 e. The van der Waals surface area contributed by atoms with E-state index < -0.39 is 0 Å². The van der Waals surface area contributed by atoms with E-state index in [9.17, 15) is 0 Å². The van der Waals surface area contributed by atoms with Crippen LogP contribution in [-0.2, 0) is 0 Å². The minimum atomic E-state index is 0.462. The maximum atomic E-state index is 2.93. The van der Waals surface area contributed by atoms with Gasteiger partial charge in [-0.3, -0.25) is 4.90 Å². The van der Waals surface area contributed by atoms with Crippen molar-refractivity contribution in [1.82, 2.24) is 4.90 Å². The first-order valence-corrected chi connectivity index (χ1v) is 17.1. The molecular formula is C42H42N2. The van der Waals surface area contributed by atoms with E-state index in [0.717, 1.165) is 6.42 Å². The molecule has 3 aromatic carbocycles. The van der Waals surface area contributed by atoms with Crippen LogP contribution in [0.5, 0.6) is 0 Å². The Balaban J connectivity index is 1.06. The van der Waals surface area contributed by atoms with Crippen LogP contribution >= 0.6 is 0 Å². The third-order valence-electron chi connectivity index (χ3n) is 11.4. The van der Waals surface area contributed by atoms with Gasteiger partial charge in [0.2, 0.25) is 0 Å². The van der Waals surface area contributed by atoms with Crippen LogP contribution in [-0.4, -0.2) is 29.1 Å². The second kappa shape index (κ2) is 10.9. The number of fused-ring (bicyclic) bond motifs is 6. The first-order chi connectivity index (χ1) is 21.8. The lowest BCUT2D eigenvalue weighted by molar-refractivity contribution is 0.147. The quantitative estimate of drug-likeness (QED) is 0.286. The molecule has 7 unspecified atom stereocenters. The number of hydrogen-bond acceptors (Lipinski definition) is 2. The minimum absolute atomic E-state index is 0.462. The van der Waals surface area contributed by atoms with Crippen LogP contribution in [0.2, 0.25) is 0 Å². The highest BCUT2D eigenvalue weighted by molar-refractivity contribution is 5.81. The summed E-state index contributed by atoms with van der Waals surface area (Å²) >= 11 is 0. The average Bonchev–Trinajstić information content (AvgIpc) is 3.61. The predicted octanol–water partition coefficient (Wildman–Crippen LogP) is 9.86. The number of likely N-dealkylation sites (tertiary alicyclic amines) is 1. The predicted molar refractivity (Wildman–Crippen MR) is 184 cm³/mol. The van der Waals surface area contributed by atoms with Gasteiger partial charge in [0.1, 0.15) is 0 Å². The Hall–Kier alpha value is -3.88. The van der Waals surface area contributed by atoms with Gasteiger partial charge >= 0.3 is 0 Å². The van der Waals surface area contributed by atoms with Gasteiger partial charge in [0.15, 0.2) is 0 Å². The molecule has 0 aromatic heterocycles. The van der Waals surface area contributed by atoms with Crippen LogP contribution in [0.3, 0.4) is 0 Å². The van der Waals surface area contributed by atoms with Crippen molar-refractivity contribution in [2.75, 3.05) is 4.90 Å². The molecule has 4 aliphatic carbocycles. The van der Waals surface area contributed by atoms with Crippen molar-refractivity contribution < 1.29 is 0 Å². The van der Waals surface area contributed by atoms with Crippen molar-refractivity contribution in [1.29, 1.82) is 0 Å². The number of rotatable bonds is 4. The topological polar surface area (TPSA) is 6.48 Å². The molecule has 7 atom stereocenters. The van der Waals surface area contributed by atoms with Crippen LogP contribution in [0.15, 0.2) is 127 Å². The number of anilines is 2. The molecule has 0 saturated carbocycles. The van der Waals surface area contributed by atoms with Gasteiger partial charge in [-0.1, -0.05) is 103 Å². The Labute approximate surface area is 262 Å². The first-order valence-electron chi connectivity index (χ1n) is 17.1. The maximum absolute atomic E-state index is 2.93. The zero-order valence-electron chi connectivity index (χ0n) is 25.5. The van der Waals surface area contributed by atoms with Gasteiger partial charge < -0.3 is 4.90 Å². The van der Waals surface area contributed by atoms with E-state index in [1.165, 1.54) is 72.2 Å². The van der Waals surface area contributed by atoms with Gasteiger partial charge in [0.05, 0.1) is 0 Å². The van der Waals surface area contributed by atoms with Crippen molar-refractivity contribution in [2.45, 2.75) is 75.0 Å². The molecule has 0 amide bonds. The number of hydrogen-bond donors (Lipinski definition) is 0. The summed E-state index contributed by atoms with van der Waals surface area (Å²) in [6.45, 7) is 0. The standard InChI is InChI=1S/C42H42N2/c1-3-12-29(13-4-1)30-14-11-17-34(26-30)44-40-21-10-8-19-36(40)38-28-32(23-25-42(38)44)31-22-24-41-37(27-31)35-18-7-9-20-39(35)43(41)33-15-5-2-6-16-33/h1-8,12-13,15-16,18-19,22-28,34-36,38-40,42H,9-11,14,17,20-21H2. The Morgan fingerprint density at radius 3 is 2.32 bits per heavy atom. The lowest BCUT2D eigenvalue weighted by Gasteiger charge is -2.39. The zero-order chi connectivity index (χ0) is 29.0. The molecule has 1 saturated heterocycles. The highest BCUT2D eigenvalue weighted by atomic mass is 15.3. The molecule has 220 valence electrons. The van der Waals surface area contributed by atoms with Crippen LogP contribution < -0.4 is 4.90 Å². The molecule has 0 radical (unpaired) electrons. The molecule has 0 N–H and O–H groups in total. The Bertz CT molecular complexity index is 1690. The van der Waals surface area contributed by atoms with Crippen LogP contribution in [0, 0.1) is 11.8 Å². The number of nitrogens with zero attached hydrogens (tertiary/aromatic N) is 2. The van der Waals surface area contributed by atoms with Crippen molar-refractivity contribution in [3.63, 3.8) is 0 Å². The first kappa shape index (κ1) is 26.5. The summed E-state index contributed by atoms with van der Waals surface area (Å²) < 4.78 is 0. The van der Waals surface area contributed by atoms with E-state index >= 15 is 0 Å². The van der Waals surface area contributed by atoms with E-state index in [-0.39, 0.29) is 0 Å². The molecule has 0 bridgehead atoms. The molecule has 0 spiro atoms. The minimum Gasteiger partial charge on any atom is -0.337 e. The SMILES string of the molecule is C1=CC2c3cc(C4=CC5C6C=CCCC6N(C6C=C(c7ccccc7)CCC6)C5C=C4)ccc3N(c3ccccc3)C2CC1.